The number of benzene rings is 7. The third-order valence-corrected chi connectivity index (χ3v) is 11.6. The summed E-state index contributed by atoms with van der Waals surface area (Å²) in [6.45, 7) is 0. The van der Waals surface area contributed by atoms with Crippen LogP contribution in [0.15, 0.2) is 146 Å². The van der Waals surface area contributed by atoms with E-state index in [1.54, 1.807) is 0 Å². The number of thiophene rings is 1. The van der Waals surface area contributed by atoms with E-state index in [0.717, 1.165) is 38.8 Å². The minimum atomic E-state index is 0.911. The molecular weight excluding hydrogens is 617 g/mol. The first-order valence-corrected chi connectivity index (χ1v) is 17.4. The van der Waals surface area contributed by atoms with Crippen LogP contribution in [0, 0.1) is 0 Å². The van der Waals surface area contributed by atoms with Crippen molar-refractivity contribution in [3.05, 3.63) is 146 Å². The number of para-hydroxylation sites is 5. The standard InChI is InChI=1S/C44H24N4S/c1-2-11-26(12-3-1)47-36-19-8-4-13-28(36)30-16-10-15-27(41(30)47)25-21-22-37-32(23-25)39-42-33(24-31-29-14-5-9-20-38(29)49-43(31)39)40-44(48(37)42)46-35-18-7-6-17-34(35)45-40/h1-24H. The predicted octanol–water partition coefficient (Wildman–Crippen LogP) is 11.9. The fraction of sp³-hybridized carbons (Fsp3) is 0. The Hall–Kier alpha value is -6.30. The van der Waals surface area contributed by atoms with Crippen molar-refractivity contribution >= 4 is 103 Å². The lowest BCUT2D eigenvalue weighted by atomic mass is 9.99. The molecule has 5 aromatic heterocycles. The summed E-state index contributed by atoms with van der Waals surface area (Å²) >= 11 is 1.89. The van der Waals surface area contributed by atoms with E-state index in [9.17, 15) is 0 Å². The molecule has 5 heteroatoms. The first kappa shape index (κ1) is 25.7. The Morgan fingerprint density at radius 2 is 1.24 bits per heavy atom. The maximum Gasteiger partial charge on any atom is 0.165 e. The number of hydrogen-bond acceptors (Lipinski definition) is 3. The Morgan fingerprint density at radius 3 is 2.14 bits per heavy atom. The van der Waals surface area contributed by atoms with Gasteiger partial charge in [-0.15, -0.1) is 11.3 Å². The summed E-state index contributed by atoms with van der Waals surface area (Å²) in [7, 11) is 0. The molecular formula is C44H24N4S. The Labute approximate surface area is 283 Å². The third-order valence-electron chi connectivity index (χ3n) is 10.4. The van der Waals surface area contributed by atoms with Crippen LogP contribution >= 0.6 is 11.3 Å². The van der Waals surface area contributed by atoms with E-state index in [2.05, 4.69) is 142 Å². The van der Waals surface area contributed by atoms with E-state index in [1.165, 1.54) is 69.4 Å². The Kier molecular flexibility index (Phi) is 4.83. The number of rotatable bonds is 2. The molecule has 4 nitrogen and oxygen atoms in total. The molecule has 7 aromatic carbocycles. The summed E-state index contributed by atoms with van der Waals surface area (Å²) in [5, 5.41) is 8.76. The maximum absolute atomic E-state index is 5.25. The molecule has 5 heterocycles. The SMILES string of the molecule is c1ccc(-n2c3ccccc3c3cccc(-c4ccc5c(c4)c4c6sc7ccccc7c6cc6c7nc8ccccc8nc7n5c64)c32)cc1. The third kappa shape index (κ3) is 3.27. The molecule has 0 N–H and O–H groups in total. The van der Waals surface area contributed by atoms with E-state index in [0.29, 0.717) is 0 Å². The van der Waals surface area contributed by atoms with Crippen molar-refractivity contribution in [3.63, 3.8) is 0 Å². The molecule has 0 amide bonds. The van der Waals surface area contributed by atoms with Gasteiger partial charge in [0.2, 0.25) is 0 Å². The fourth-order valence-corrected chi connectivity index (χ4v) is 9.62. The second kappa shape index (κ2) is 9.19. The normalized spacial score (nSPS) is 12.5. The van der Waals surface area contributed by atoms with E-state index < -0.39 is 0 Å². The molecule has 0 radical (unpaired) electrons. The summed E-state index contributed by atoms with van der Waals surface area (Å²) in [6, 6.07) is 52.6. The van der Waals surface area contributed by atoms with Crippen LogP contribution in [-0.4, -0.2) is 18.9 Å². The van der Waals surface area contributed by atoms with Gasteiger partial charge in [-0.2, -0.15) is 0 Å². The first-order chi connectivity index (χ1) is 24.3. The molecule has 12 aromatic rings. The summed E-state index contributed by atoms with van der Waals surface area (Å²) < 4.78 is 7.41. The molecule has 12 rings (SSSR count). The van der Waals surface area contributed by atoms with Gasteiger partial charge in [-0.3, -0.25) is 4.40 Å². The van der Waals surface area contributed by atoms with Gasteiger partial charge in [-0.25, -0.2) is 9.97 Å². The highest BCUT2D eigenvalue weighted by molar-refractivity contribution is 7.26. The smallest absolute Gasteiger partial charge is 0.165 e. The molecule has 0 spiro atoms. The van der Waals surface area contributed by atoms with Crippen molar-refractivity contribution in [2.24, 2.45) is 0 Å². The average molecular weight is 641 g/mol. The van der Waals surface area contributed by atoms with Crippen molar-refractivity contribution in [1.29, 1.82) is 0 Å². The molecule has 0 aliphatic rings. The van der Waals surface area contributed by atoms with Crippen LogP contribution in [0.2, 0.25) is 0 Å². The lowest BCUT2D eigenvalue weighted by Gasteiger charge is -2.12. The van der Waals surface area contributed by atoms with Gasteiger partial charge >= 0.3 is 0 Å². The van der Waals surface area contributed by atoms with Crippen LogP contribution in [0.4, 0.5) is 0 Å². The van der Waals surface area contributed by atoms with Crippen LogP contribution in [0.1, 0.15) is 0 Å². The Balaban J connectivity index is 1.26. The largest absolute Gasteiger partial charge is 0.309 e. The summed E-state index contributed by atoms with van der Waals surface area (Å²) in [5.74, 6) is 0. The number of aromatic nitrogens is 4. The van der Waals surface area contributed by atoms with Crippen LogP contribution in [0.25, 0.3) is 108 Å². The van der Waals surface area contributed by atoms with Crippen LogP contribution in [-0.2, 0) is 0 Å². The summed E-state index contributed by atoms with van der Waals surface area (Å²) in [6.07, 6.45) is 0. The first-order valence-electron chi connectivity index (χ1n) is 16.6. The lowest BCUT2D eigenvalue weighted by molar-refractivity contribution is 1.18. The second-order valence-corrected chi connectivity index (χ2v) is 14.0. The summed E-state index contributed by atoms with van der Waals surface area (Å²) in [4.78, 5) is 10.5. The van der Waals surface area contributed by atoms with Gasteiger partial charge in [0.15, 0.2) is 5.65 Å². The Bertz CT molecular complexity index is 3330. The monoisotopic (exact) mass is 640 g/mol. The van der Waals surface area contributed by atoms with Crippen molar-refractivity contribution in [3.8, 4) is 16.8 Å². The fourth-order valence-electron chi connectivity index (χ4n) is 8.38. The topological polar surface area (TPSA) is 35.1 Å². The Morgan fingerprint density at radius 1 is 0.490 bits per heavy atom. The van der Waals surface area contributed by atoms with Crippen LogP contribution < -0.4 is 0 Å². The molecule has 0 saturated carbocycles. The van der Waals surface area contributed by atoms with E-state index in [1.807, 2.05) is 23.5 Å². The minimum Gasteiger partial charge on any atom is -0.309 e. The molecule has 0 saturated heterocycles. The molecule has 0 unspecified atom stereocenters. The molecule has 0 atom stereocenters. The average Bonchev–Trinajstić information content (AvgIpc) is 3.89. The molecule has 0 bridgehead atoms. The van der Waals surface area contributed by atoms with Crippen molar-refractivity contribution in [2.75, 3.05) is 0 Å². The van der Waals surface area contributed by atoms with Gasteiger partial charge in [0.1, 0.15) is 5.52 Å². The van der Waals surface area contributed by atoms with Crippen molar-refractivity contribution in [2.45, 2.75) is 0 Å². The quantitative estimate of drug-likeness (QED) is 0.188. The highest BCUT2D eigenvalue weighted by Crippen LogP contribution is 2.48. The van der Waals surface area contributed by atoms with Crippen molar-refractivity contribution < 1.29 is 0 Å². The van der Waals surface area contributed by atoms with E-state index in [4.69, 9.17) is 9.97 Å². The number of nitrogens with zero attached hydrogens (tertiary/aromatic N) is 4. The molecule has 49 heavy (non-hydrogen) atoms. The van der Waals surface area contributed by atoms with Gasteiger partial charge in [-0.05, 0) is 60.2 Å². The maximum atomic E-state index is 5.25. The molecule has 0 aliphatic heterocycles. The molecule has 0 fully saturated rings. The predicted molar refractivity (Wildman–Crippen MR) is 207 cm³/mol. The second-order valence-electron chi connectivity index (χ2n) is 13.0. The van der Waals surface area contributed by atoms with Gasteiger partial charge in [0, 0.05) is 58.4 Å². The molecule has 226 valence electrons. The van der Waals surface area contributed by atoms with Gasteiger partial charge in [-0.1, -0.05) is 91.0 Å². The lowest BCUT2D eigenvalue weighted by Crippen LogP contribution is -1.95. The highest BCUT2D eigenvalue weighted by atomic mass is 32.1. The minimum absolute atomic E-state index is 0.911. The van der Waals surface area contributed by atoms with Crippen LogP contribution in [0.5, 0.6) is 0 Å². The van der Waals surface area contributed by atoms with Gasteiger partial charge < -0.3 is 4.57 Å². The zero-order valence-electron chi connectivity index (χ0n) is 26.1. The van der Waals surface area contributed by atoms with Gasteiger partial charge in [0.05, 0.1) is 33.1 Å². The van der Waals surface area contributed by atoms with E-state index >= 15 is 0 Å². The van der Waals surface area contributed by atoms with Crippen molar-refractivity contribution in [1.82, 2.24) is 18.9 Å². The van der Waals surface area contributed by atoms with Gasteiger partial charge in [0.25, 0.3) is 0 Å². The zero-order chi connectivity index (χ0) is 31.8. The highest BCUT2D eigenvalue weighted by Gasteiger charge is 2.25. The number of hydrogen-bond donors (Lipinski definition) is 0. The summed E-state index contributed by atoms with van der Waals surface area (Å²) in [5.41, 5.74) is 12.1. The zero-order valence-corrected chi connectivity index (χ0v) is 26.9. The number of fused-ring (bicyclic) bond motifs is 14. The molecule has 0 aliphatic carbocycles. The van der Waals surface area contributed by atoms with Crippen LogP contribution in [0.3, 0.4) is 0 Å². The van der Waals surface area contributed by atoms with E-state index in [-0.39, 0.29) is 0 Å².